The van der Waals surface area contributed by atoms with E-state index in [0.29, 0.717) is 0 Å². The molecular weight excluding hydrogens is 360 g/mol. The van der Waals surface area contributed by atoms with Gasteiger partial charge in [0.1, 0.15) is 0 Å². The highest BCUT2D eigenvalue weighted by molar-refractivity contribution is 9.10. The molecule has 2 aromatic carbocycles. The van der Waals surface area contributed by atoms with Crippen LogP contribution in [0.15, 0.2) is 59.1 Å². The Kier molecular flexibility index (Phi) is 4.25. The first-order chi connectivity index (χ1) is 11.1. The quantitative estimate of drug-likeness (QED) is 0.612. The van der Waals surface area contributed by atoms with Crippen molar-refractivity contribution in [3.8, 4) is 0 Å². The molecule has 1 saturated heterocycles. The van der Waals surface area contributed by atoms with Gasteiger partial charge in [0, 0.05) is 4.47 Å². The molecule has 116 valence electrons. The molecule has 3 rings (SSSR count). The van der Waals surface area contributed by atoms with E-state index in [1.54, 1.807) is 12.1 Å². The number of imide groups is 2. The number of carbonyl (C=O) groups is 3. The molecule has 1 aliphatic rings. The summed E-state index contributed by atoms with van der Waals surface area (Å²) in [6.45, 7) is 0.184. The van der Waals surface area contributed by atoms with E-state index in [1.165, 1.54) is 0 Å². The topological polar surface area (TPSA) is 57.7 Å². The summed E-state index contributed by atoms with van der Waals surface area (Å²) in [4.78, 5) is 38.5. The lowest BCUT2D eigenvalue weighted by molar-refractivity contribution is -0.143. The van der Waals surface area contributed by atoms with Gasteiger partial charge in [0.2, 0.25) is 0 Å². The highest BCUT2D eigenvalue weighted by Gasteiger charge is 2.44. The molecule has 0 radical (unpaired) electrons. The lowest BCUT2D eigenvalue weighted by Gasteiger charge is -2.15. The van der Waals surface area contributed by atoms with Crippen molar-refractivity contribution in [3.05, 3.63) is 70.2 Å². The first-order valence-electron chi connectivity index (χ1n) is 7.02. The van der Waals surface area contributed by atoms with Gasteiger partial charge in [-0.25, -0.2) is 4.79 Å². The fourth-order valence-corrected chi connectivity index (χ4v) is 2.63. The van der Waals surface area contributed by atoms with E-state index in [-0.39, 0.29) is 13.1 Å². The third-order valence-electron chi connectivity index (χ3n) is 3.57. The minimum atomic E-state index is -0.783. The van der Waals surface area contributed by atoms with E-state index < -0.39 is 17.8 Å². The smallest absolute Gasteiger partial charge is 0.263 e. The van der Waals surface area contributed by atoms with Crippen LogP contribution in [-0.2, 0) is 22.7 Å². The zero-order valence-corrected chi connectivity index (χ0v) is 13.7. The largest absolute Gasteiger partial charge is 0.334 e. The van der Waals surface area contributed by atoms with Gasteiger partial charge in [-0.15, -0.1) is 0 Å². The van der Waals surface area contributed by atoms with Crippen molar-refractivity contribution < 1.29 is 14.4 Å². The van der Waals surface area contributed by atoms with Crippen LogP contribution in [-0.4, -0.2) is 27.6 Å². The molecule has 0 atom stereocenters. The van der Waals surface area contributed by atoms with E-state index in [0.717, 1.165) is 25.4 Å². The standard InChI is InChI=1S/C17H13BrN2O3/c18-14-8-6-13(7-9-14)11-20-16(22)15(21)19(17(20)23)10-12-4-2-1-3-5-12/h1-9H,10-11H2. The second kappa shape index (κ2) is 6.34. The van der Waals surface area contributed by atoms with E-state index >= 15 is 0 Å². The molecule has 23 heavy (non-hydrogen) atoms. The number of hydrogen-bond donors (Lipinski definition) is 0. The van der Waals surface area contributed by atoms with Gasteiger partial charge in [-0.1, -0.05) is 58.4 Å². The molecule has 0 spiro atoms. The van der Waals surface area contributed by atoms with Gasteiger partial charge < -0.3 is 0 Å². The first kappa shape index (κ1) is 15.4. The number of benzene rings is 2. The fourth-order valence-electron chi connectivity index (χ4n) is 2.37. The fraction of sp³-hybridized carbons (Fsp3) is 0.118. The Hall–Kier alpha value is -2.47. The van der Waals surface area contributed by atoms with E-state index in [2.05, 4.69) is 15.9 Å². The van der Waals surface area contributed by atoms with Crippen molar-refractivity contribution in [2.45, 2.75) is 13.1 Å². The second-order valence-electron chi connectivity index (χ2n) is 5.18. The van der Waals surface area contributed by atoms with Crippen molar-refractivity contribution in [1.29, 1.82) is 0 Å². The van der Waals surface area contributed by atoms with Crippen LogP contribution in [0.3, 0.4) is 0 Å². The van der Waals surface area contributed by atoms with Gasteiger partial charge in [-0.3, -0.25) is 19.4 Å². The van der Waals surface area contributed by atoms with Crippen LogP contribution in [0, 0.1) is 0 Å². The maximum atomic E-state index is 12.4. The molecule has 6 heteroatoms. The Morgan fingerprint density at radius 3 is 1.70 bits per heavy atom. The maximum Gasteiger partial charge on any atom is 0.334 e. The lowest BCUT2D eigenvalue weighted by atomic mass is 10.2. The van der Waals surface area contributed by atoms with Gasteiger partial charge in [-0.05, 0) is 23.3 Å². The average molecular weight is 373 g/mol. The van der Waals surface area contributed by atoms with Crippen molar-refractivity contribution >= 4 is 33.8 Å². The van der Waals surface area contributed by atoms with Gasteiger partial charge in [0.15, 0.2) is 0 Å². The van der Waals surface area contributed by atoms with Gasteiger partial charge in [-0.2, -0.15) is 0 Å². The molecule has 1 fully saturated rings. The van der Waals surface area contributed by atoms with E-state index in [1.807, 2.05) is 42.5 Å². The Bertz CT molecular complexity index is 759. The predicted molar refractivity (Wildman–Crippen MR) is 87.1 cm³/mol. The Morgan fingerprint density at radius 2 is 1.17 bits per heavy atom. The predicted octanol–water partition coefficient (Wildman–Crippen LogP) is 2.94. The lowest BCUT2D eigenvalue weighted by Crippen LogP contribution is -2.32. The van der Waals surface area contributed by atoms with Crippen LogP contribution in [0.4, 0.5) is 4.79 Å². The normalized spacial score (nSPS) is 14.7. The summed E-state index contributed by atoms with van der Waals surface area (Å²) >= 11 is 3.33. The molecule has 0 unspecified atom stereocenters. The molecule has 5 nitrogen and oxygen atoms in total. The molecule has 0 bridgehead atoms. The minimum Gasteiger partial charge on any atom is -0.263 e. The van der Waals surface area contributed by atoms with Gasteiger partial charge in [0.05, 0.1) is 13.1 Å². The molecule has 0 aliphatic carbocycles. The van der Waals surface area contributed by atoms with Crippen molar-refractivity contribution in [1.82, 2.24) is 9.80 Å². The summed E-state index contributed by atoms with van der Waals surface area (Å²) in [7, 11) is 0. The molecule has 2 aromatic rings. The molecular formula is C17H13BrN2O3. The second-order valence-corrected chi connectivity index (χ2v) is 6.09. The number of amides is 4. The summed E-state index contributed by atoms with van der Waals surface area (Å²) in [5.74, 6) is -1.56. The van der Waals surface area contributed by atoms with Crippen LogP contribution in [0.25, 0.3) is 0 Å². The van der Waals surface area contributed by atoms with Crippen LogP contribution in [0.2, 0.25) is 0 Å². The zero-order valence-electron chi connectivity index (χ0n) is 12.1. The molecule has 1 heterocycles. The Balaban J connectivity index is 1.78. The van der Waals surface area contributed by atoms with Crippen LogP contribution in [0.5, 0.6) is 0 Å². The highest BCUT2D eigenvalue weighted by atomic mass is 79.9. The summed E-state index contributed by atoms with van der Waals surface area (Å²) in [5, 5.41) is 0. The van der Waals surface area contributed by atoms with Crippen molar-refractivity contribution in [2.24, 2.45) is 0 Å². The number of urea groups is 1. The summed E-state index contributed by atoms with van der Waals surface area (Å²) in [6.07, 6.45) is 0. The number of hydrogen-bond acceptors (Lipinski definition) is 3. The molecule has 0 aromatic heterocycles. The van der Waals surface area contributed by atoms with Crippen LogP contribution < -0.4 is 0 Å². The number of carbonyl (C=O) groups excluding carboxylic acids is 3. The average Bonchev–Trinajstić information content (AvgIpc) is 2.76. The van der Waals surface area contributed by atoms with E-state index in [4.69, 9.17) is 0 Å². The van der Waals surface area contributed by atoms with Crippen LogP contribution in [0.1, 0.15) is 11.1 Å². The molecule has 4 amide bonds. The van der Waals surface area contributed by atoms with E-state index in [9.17, 15) is 14.4 Å². The molecule has 1 aliphatic heterocycles. The summed E-state index contributed by atoms with van der Waals surface area (Å²) in [5.41, 5.74) is 1.58. The van der Waals surface area contributed by atoms with Gasteiger partial charge >= 0.3 is 17.8 Å². The first-order valence-corrected chi connectivity index (χ1v) is 7.81. The number of rotatable bonds is 4. The number of halogens is 1. The SMILES string of the molecule is O=C1C(=O)N(Cc2ccc(Br)cc2)C(=O)N1Cc1ccccc1. The maximum absolute atomic E-state index is 12.4. The molecule has 0 N–H and O–H groups in total. The monoisotopic (exact) mass is 372 g/mol. The van der Waals surface area contributed by atoms with Crippen molar-refractivity contribution in [2.75, 3.05) is 0 Å². The zero-order chi connectivity index (χ0) is 16.4. The third kappa shape index (κ3) is 3.17. The number of nitrogens with zero attached hydrogens (tertiary/aromatic N) is 2. The third-order valence-corrected chi connectivity index (χ3v) is 4.10. The molecule has 0 saturated carbocycles. The minimum absolute atomic E-state index is 0.0853. The van der Waals surface area contributed by atoms with Crippen LogP contribution >= 0.6 is 15.9 Å². The Labute approximate surface area is 141 Å². The van der Waals surface area contributed by atoms with Gasteiger partial charge in [0.25, 0.3) is 0 Å². The summed E-state index contributed by atoms with van der Waals surface area (Å²) < 4.78 is 0.905. The Morgan fingerprint density at radius 1 is 0.696 bits per heavy atom. The summed E-state index contributed by atoms with van der Waals surface area (Å²) in [6, 6.07) is 15.8. The highest BCUT2D eigenvalue weighted by Crippen LogP contribution is 2.19. The van der Waals surface area contributed by atoms with Crippen molar-refractivity contribution in [3.63, 3.8) is 0 Å².